The highest BCUT2D eigenvalue weighted by Crippen LogP contribution is 2.25. The molecule has 1 N–H and O–H groups in total. The SMILES string of the molecule is Cc1ccc(OCCCC(=O)N(Cc2ccc(Cl)c(Cl)c2)[C@H](Cc2ccccc2)C(=O)NCC(C)C)cc1. The molecule has 0 saturated heterocycles. The van der Waals surface area contributed by atoms with Crippen LogP contribution >= 0.6 is 23.2 Å². The fraction of sp³-hybridized carbons (Fsp3) is 0.355. The van der Waals surface area contributed by atoms with Crippen molar-refractivity contribution >= 4 is 35.0 Å². The maximum Gasteiger partial charge on any atom is 0.243 e. The summed E-state index contributed by atoms with van der Waals surface area (Å²) in [5, 5.41) is 3.88. The zero-order valence-corrected chi connectivity index (χ0v) is 23.8. The van der Waals surface area contributed by atoms with Gasteiger partial charge in [-0.1, -0.05) is 91.1 Å². The normalized spacial score (nSPS) is 11.7. The Morgan fingerprint density at radius 1 is 0.921 bits per heavy atom. The molecule has 7 heteroatoms. The highest BCUT2D eigenvalue weighted by Gasteiger charge is 2.30. The molecule has 0 spiro atoms. The molecule has 3 aromatic rings. The van der Waals surface area contributed by atoms with Gasteiger partial charge in [-0.05, 0) is 54.7 Å². The lowest BCUT2D eigenvalue weighted by Gasteiger charge is -2.32. The Morgan fingerprint density at radius 3 is 2.29 bits per heavy atom. The van der Waals surface area contributed by atoms with Gasteiger partial charge in [-0.25, -0.2) is 0 Å². The predicted molar refractivity (Wildman–Crippen MR) is 155 cm³/mol. The first kappa shape index (κ1) is 29.5. The summed E-state index contributed by atoms with van der Waals surface area (Å²) < 4.78 is 5.82. The van der Waals surface area contributed by atoms with E-state index in [1.807, 2.05) is 81.4 Å². The molecule has 202 valence electrons. The van der Waals surface area contributed by atoms with E-state index in [2.05, 4.69) is 5.32 Å². The Morgan fingerprint density at radius 2 is 1.63 bits per heavy atom. The van der Waals surface area contributed by atoms with Crippen molar-refractivity contribution < 1.29 is 14.3 Å². The second kappa shape index (κ2) is 14.8. The number of benzene rings is 3. The second-order valence-corrected chi connectivity index (χ2v) is 10.7. The van der Waals surface area contributed by atoms with Gasteiger partial charge < -0.3 is 15.0 Å². The minimum absolute atomic E-state index is 0.121. The van der Waals surface area contributed by atoms with Crippen LogP contribution in [0.5, 0.6) is 5.75 Å². The number of carbonyl (C=O) groups is 2. The summed E-state index contributed by atoms with van der Waals surface area (Å²) in [6.07, 6.45) is 1.17. The van der Waals surface area contributed by atoms with Crippen LogP contribution in [0, 0.1) is 12.8 Å². The van der Waals surface area contributed by atoms with Gasteiger partial charge in [-0.15, -0.1) is 0 Å². The van der Waals surface area contributed by atoms with E-state index in [1.54, 1.807) is 17.0 Å². The van der Waals surface area contributed by atoms with E-state index >= 15 is 0 Å². The second-order valence-electron chi connectivity index (χ2n) is 9.88. The fourth-order valence-electron chi connectivity index (χ4n) is 4.00. The number of nitrogens with one attached hydrogen (secondary N) is 1. The Labute approximate surface area is 236 Å². The lowest BCUT2D eigenvalue weighted by Crippen LogP contribution is -2.51. The Bertz CT molecular complexity index is 1180. The fourth-order valence-corrected chi connectivity index (χ4v) is 4.32. The quantitative estimate of drug-likeness (QED) is 0.234. The smallest absolute Gasteiger partial charge is 0.243 e. The summed E-state index contributed by atoms with van der Waals surface area (Å²) in [4.78, 5) is 28.8. The molecule has 5 nitrogen and oxygen atoms in total. The predicted octanol–water partition coefficient (Wildman–Crippen LogP) is 6.87. The van der Waals surface area contributed by atoms with Crippen molar-refractivity contribution in [3.05, 3.63) is 99.5 Å². The van der Waals surface area contributed by atoms with Gasteiger partial charge in [-0.2, -0.15) is 0 Å². The summed E-state index contributed by atoms with van der Waals surface area (Å²) >= 11 is 12.4. The average Bonchev–Trinajstić information content (AvgIpc) is 2.90. The largest absolute Gasteiger partial charge is 0.494 e. The summed E-state index contributed by atoms with van der Waals surface area (Å²) in [6.45, 7) is 7.27. The topological polar surface area (TPSA) is 58.6 Å². The molecule has 1 atom stereocenters. The number of halogens is 2. The van der Waals surface area contributed by atoms with Crippen LogP contribution in [-0.2, 0) is 22.6 Å². The first-order valence-corrected chi connectivity index (χ1v) is 13.7. The minimum atomic E-state index is -0.684. The van der Waals surface area contributed by atoms with Crippen molar-refractivity contribution in [2.75, 3.05) is 13.2 Å². The number of ether oxygens (including phenoxy) is 1. The molecular formula is C31H36Cl2N2O3. The van der Waals surface area contributed by atoms with Crippen LogP contribution < -0.4 is 10.1 Å². The molecule has 0 unspecified atom stereocenters. The molecular weight excluding hydrogens is 519 g/mol. The summed E-state index contributed by atoms with van der Waals surface area (Å²) in [5.41, 5.74) is 2.94. The number of rotatable bonds is 13. The van der Waals surface area contributed by atoms with Gasteiger partial charge in [0.1, 0.15) is 11.8 Å². The van der Waals surface area contributed by atoms with Crippen LogP contribution in [0.2, 0.25) is 10.0 Å². The van der Waals surface area contributed by atoms with Gasteiger partial charge in [0.2, 0.25) is 11.8 Å². The average molecular weight is 556 g/mol. The minimum Gasteiger partial charge on any atom is -0.494 e. The third kappa shape index (κ3) is 9.38. The zero-order chi connectivity index (χ0) is 27.5. The lowest BCUT2D eigenvalue weighted by atomic mass is 10.0. The van der Waals surface area contributed by atoms with E-state index in [1.165, 1.54) is 0 Å². The van der Waals surface area contributed by atoms with Gasteiger partial charge in [0.15, 0.2) is 0 Å². The van der Waals surface area contributed by atoms with Gasteiger partial charge in [-0.3, -0.25) is 9.59 Å². The number of aryl methyl sites for hydroxylation is 1. The zero-order valence-electron chi connectivity index (χ0n) is 22.3. The number of amides is 2. The van der Waals surface area contributed by atoms with Crippen molar-refractivity contribution in [2.45, 2.75) is 52.6 Å². The third-order valence-corrected chi connectivity index (χ3v) is 6.86. The van der Waals surface area contributed by atoms with Crippen LogP contribution in [0.4, 0.5) is 0 Å². The van der Waals surface area contributed by atoms with Gasteiger partial charge >= 0.3 is 0 Å². The standard InChI is InChI=1S/C31H36Cl2N2O3/c1-22(2)20-34-31(37)29(19-24-8-5-4-6-9-24)35(21-25-13-16-27(32)28(33)18-25)30(36)10-7-17-38-26-14-11-23(3)12-15-26/h4-6,8-9,11-16,18,22,29H,7,10,17,19-21H2,1-3H3,(H,34,37)/t29-/m1/s1. The monoisotopic (exact) mass is 554 g/mol. The highest BCUT2D eigenvalue weighted by atomic mass is 35.5. The van der Waals surface area contributed by atoms with Crippen LogP contribution in [-0.4, -0.2) is 35.9 Å². The van der Waals surface area contributed by atoms with E-state index < -0.39 is 6.04 Å². The van der Waals surface area contributed by atoms with Crippen molar-refractivity contribution in [1.82, 2.24) is 10.2 Å². The maximum atomic E-state index is 13.7. The first-order valence-electron chi connectivity index (χ1n) is 13.0. The van der Waals surface area contributed by atoms with Gasteiger partial charge in [0, 0.05) is 25.9 Å². The molecule has 0 fully saturated rings. The number of carbonyl (C=O) groups excluding carboxylic acids is 2. The Kier molecular flexibility index (Phi) is 11.5. The maximum absolute atomic E-state index is 13.7. The van der Waals surface area contributed by atoms with Crippen LogP contribution in [0.3, 0.4) is 0 Å². The molecule has 0 aromatic heterocycles. The van der Waals surface area contributed by atoms with E-state index in [9.17, 15) is 9.59 Å². The lowest BCUT2D eigenvalue weighted by molar-refractivity contribution is -0.141. The molecule has 38 heavy (non-hydrogen) atoms. The summed E-state index contributed by atoms with van der Waals surface area (Å²) in [6, 6.07) is 22.2. The molecule has 0 aliphatic rings. The molecule has 0 saturated carbocycles. The first-order chi connectivity index (χ1) is 18.2. The molecule has 0 aliphatic heterocycles. The van der Waals surface area contributed by atoms with Crippen molar-refractivity contribution in [3.63, 3.8) is 0 Å². The summed E-state index contributed by atoms with van der Waals surface area (Å²) in [5.74, 6) is 0.760. The van der Waals surface area contributed by atoms with Crippen LogP contribution in [0.15, 0.2) is 72.8 Å². The van der Waals surface area contributed by atoms with Crippen molar-refractivity contribution in [3.8, 4) is 5.75 Å². The summed E-state index contributed by atoms with van der Waals surface area (Å²) in [7, 11) is 0. The van der Waals surface area contributed by atoms with Crippen LogP contribution in [0.1, 0.15) is 43.4 Å². The third-order valence-electron chi connectivity index (χ3n) is 6.12. The van der Waals surface area contributed by atoms with Gasteiger partial charge in [0.25, 0.3) is 0 Å². The van der Waals surface area contributed by atoms with Crippen molar-refractivity contribution in [1.29, 1.82) is 0 Å². The molecule has 0 radical (unpaired) electrons. The van der Waals surface area contributed by atoms with Gasteiger partial charge in [0.05, 0.1) is 16.7 Å². The van der Waals surface area contributed by atoms with E-state index in [0.29, 0.717) is 36.0 Å². The molecule has 0 heterocycles. The Balaban J connectivity index is 1.80. The molecule has 3 aromatic carbocycles. The number of nitrogens with zero attached hydrogens (tertiary/aromatic N) is 1. The van der Waals surface area contributed by atoms with Crippen LogP contribution in [0.25, 0.3) is 0 Å². The molecule has 2 amide bonds. The van der Waals surface area contributed by atoms with E-state index in [0.717, 1.165) is 22.4 Å². The van der Waals surface area contributed by atoms with E-state index in [4.69, 9.17) is 27.9 Å². The number of hydrogen-bond acceptors (Lipinski definition) is 3. The number of hydrogen-bond donors (Lipinski definition) is 1. The van der Waals surface area contributed by atoms with E-state index in [-0.39, 0.29) is 30.7 Å². The molecule has 3 rings (SSSR count). The molecule has 0 aliphatic carbocycles. The highest BCUT2D eigenvalue weighted by molar-refractivity contribution is 6.42. The van der Waals surface area contributed by atoms with Crippen molar-refractivity contribution in [2.24, 2.45) is 5.92 Å². The Hall–Kier alpha value is -3.02. The molecule has 0 bridgehead atoms.